The first-order valence-corrected chi connectivity index (χ1v) is 24.3. The van der Waals surface area contributed by atoms with Crippen molar-refractivity contribution in [2.45, 2.75) is 88.3 Å². The predicted molar refractivity (Wildman–Crippen MR) is 245 cm³/mol. The molecule has 1 aromatic heterocycles. The molecule has 1 heterocycles. The number of aryl methyl sites for hydroxylation is 2. The fourth-order valence-electron chi connectivity index (χ4n) is 7.15. The monoisotopic (exact) mass is 917 g/mol. The zero-order valence-corrected chi connectivity index (χ0v) is 38.3. The number of hydrogen-bond donors (Lipinski definition) is 6. The van der Waals surface area contributed by atoms with E-state index in [1.54, 1.807) is 86.8 Å². The van der Waals surface area contributed by atoms with Gasteiger partial charge in [-0.3, -0.25) is 14.6 Å². The van der Waals surface area contributed by atoms with Gasteiger partial charge >= 0.3 is 0 Å². The number of benzene rings is 4. The van der Waals surface area contributed by atoms with Gasteiger partial charge in [0.2, 0.25) is 27.8 Å². The van der Waals surface area contributed by atoms with Crippen molar-refractivity contribution in [2.75, 3.05) is 13.7 Å². The number of nitrogens with one attached hydrogen (secondary N) is 4. The minimum atomic E-state index is -4.12. The molecule has 0 fully saturated rings. The van der Waals surface area contributed by atoms with Gasteiger partial charge in [-0.05, 0) is 92.0 Å². The molecule has 15 nitrogen and oxygen atoms in total. The number of nitrogens with zero attached hydrogens (tertiary/aromatic N) is 2. The number of aliphatic imine (C=N–C) groups is 1. The molecule has 4 aromatic carbocycles. The van der Waals surface area contributed by atoms with E-state index in [-0.39, 0.29) is 48.8 Å². The minimum Gasteiger partial charge on any atom is -0.496 e. The van der Waals surface area contributed by atoms with E-state index in [0.717, 1.165) is 11.1 Å². The summed E-state index contributed by atoms with van der Waals surface area (Å²) in [4.78, 5) is 37.2. The molecule has 5 rings (SSSR count). The Balaban J connectivity index is 1.36. The maximum Gasteiger partial charge on any atom is 0.264 e. The van der Waals surface area contributed by atoms with Crippen LogP contribution in [-0.2, 0) is 48.2 Å². The van der Waals surface area contributed by atoms with E-state index in [1.807, 2.05) is 37.3 Å². The summed E-state index contributed by atoms with van der Waals surface area (Å²) in [5.74, 6) is -1.49. The van der Waals surface area contributed by atoms with Crippen molar-refractivity contribution in [3.05, 3.63) is 147 Å². The van der Waals surface area contributed by atoms with Gasteiger partial charge < -0.3 is 26.2 Å². The average Bonchev–Trinajstić information content (AvgIpc) is 3.79. The fraction of sp³-hybridized carbons (Fsp3) is 0.333. The second-order valence-electron chi connectivity index (χ2n) is 15.2. The van der Waals surface area contributed by atoms with Gasteiger partial charge in [0.25, 0.3) is 10.0 Å². The van der Waals surface area contributed by atoms with Crippen LogP contribution in [0.3, 0.4) is 0 Å². The number of thiazole rings is 1. The molecule has 5 aromatic rings. The van der Waals surface area contributed by atoms with E-state index in [0.29, 0.717) is 38.6 Å². The lowest BCUT2D eigenvalue weighted by Gasteiger charge is -2.28. The first-order chi connectivity index (χ1) is 30.0. The first kappa shape index (κ1) is 48.4. The highest BCUT2D eigenvalue weighted by Gasteiger charge is 2.33. The van der Waals surface area contributed by atoms with Crippen molar-refractivity contribution in [3.63, 3.8) is 0 Å². The molecule has 0 aliphatic heterocycles. The number of carbonyl (C=O) groups excluding carboxylic acids is 2. The molecule has 4 atom stereocenters. The number of rotatable bonds is 21. The Hall–Kier alpha value is -5.66. The highest BCUT2D eigenvalue weighted by molar-refractivity contribution is 7.90. The van der Waals surface area contributed by atoms with Crippen molar-refractivity contribution in [1.82, 2.24) is 25.1 Å². The third-order valence-electron chi connectivity index (χ3n) is 10.5. The van der Waals surface area contributed by atoms with Gasteiger partial charge in [-0.1, -0.05) is 84.9 Å². The maximum atomic E-state index is 14.4. The summed E-state index contributed by atoms with van der Waals surface area (Å²) in [6, 6.07) is 23.1. The van der Waals surface area contributed by atoms with E-state index in [2.05, 4.69) is 30.1 Å². The summed E-state index contributed by atoms with van der Waals surface area (Å²) < 4.78 is 64.1. The van der Waals surface area contributed by atoms with Crippen LogP contribution in [0.15, 0.2) is 112 Å². The molecule has 18 heteroatoms. The van der Waals surface area contributed by atoms with Crippen LogP contribution >= 0.6 is 11.3 Å². The number of carbonyl (C=O) groups is 2. The fourth-order valence-corrected chi connectivity index (χ4v) is 10.7. The van der Waals surface area contributed by atoms with Gasteiger partial charge in [0.15, 0.2) is 0 Å². The summed E-state index contributed by atoms with van der Waals surface area (Å²) in [5.41, 5.74) is 10.6. The summed E-state index contributed by atoms with van der Waals surface area (Å²) in [6.45, 7) is 7.01. The van der Waals surface area contributed by atoms with Crippen molar-refractivity contribution in [1.29, 1.82) is 0 Å². The quantitative estimate of drug-likeness (QED) is 0.0345. The molecule has 0 radical (unpaired) electrons. The second-order valence-corrected chi connectivity index (χ2v) is 19.5. The van der Waals surface area contributed by atoms with Gasteiger partial charge in [0, 0.05) is 24.5 Å². The molecular formula is C45H55N7O8S3. The number of guanidine groups is 1. The molecule has 336 valence electrons. The van der Waals surface area contributed by atoms with Gasteiger partial charge in [0.1, 0.15) is 28.9 Å². The smallest absolute Gasteiger partial charge is 0.264 e. The van der Waals surface area contributed by atoms with Crippen LogP contribution in [0.5, 0.6) is 5.75 Å². The number of hydrogen-bond acceptors (Lipinski definition) is 11. The van der Waals surface area contributed by atoms with Crippen LogP contribution in [0.1, 0.15) is 62.9 Å². The Morgan fingerprint density at radius 1 is 0.825 bits per heavy atom. The summed E-state index contributed by atoms with van der Waals surface area (Å²) in [7, 11) is -6.64. The van der Waals surface area contributed by atoms with Crippen LogP contribution in [-0.4, -0.2) is 76.5 Å². The van der Waals surface area contributed by atoms with Crippen LogP contribution in [0.4, 0.5) is 0 Å². The number of ether oxygens (including phenoxy) is 1. The molecule has 2 amide bonds. The molecule has 0 aliphatic carbocycles. The van der Waals surface area contributed by atoms with Crippen LogP contribution in [0.25, 0.3) is 0 Å². The van der Waals surface area contributed by atoms with E-state index in [9.17, 15) is 31.5 Å². The molecule has 0 bridgehead atoms. The molecule has 1 unspecified atom stereocenters. The van der Waals surface area contributed by atoms with Crippen molar-refractivity contribution in [2.24, 2.45) is 10.7 Å². The average molecular weight is 918 g/mol. The molecule has 0 saturated heterocycles. The topological polar surface area (TPSA) is 231 Å². The third-order valence-corrected chi connectivity index (χ3v) is 14.4. The first-order valence-electron chi connectivity index (χ1n) is 20.3. The van der Waals surface area contributed by atoms with Crippen molar-refractivity contribution >= 4 is 49.2 Å². The number of aromatic nitrogens is 1. The Kier molecular flexibility index (Phi) is 17.0. The largest absolute Gasteiger partial charge is 0.496 e. The van der Waals surface area contributed by atoms with Gasteiger partial charge in [-0.2, -0.15) is 0 Å². The summed E-state index contributed by atoms with van der Waals surface area (Å²) >= 11 is 1.19. The van der Waals surface area contributed by atoms with Crippen LogP contribution < -0.4 is 30.5 Å². The number of amides is 2. The Morgan fingerprint density at radius 3 is 2.10 bits per heavy atom. The maximum absolute atomic E-state index is 14.4. The van der Waals surface area contributed by atoms with Gasteiger partial charge in [-0.25, -0.2) is 31.3 Å². The van der Waals surface area contributed by atoms with E-state index in [1.165, 1.54) is 24.6 Å². The molecule has 63 heavy (non-hydrogen) atoms. The zero-order chi connectivity index (χ0) is 45.7. The van der Waals surface area contributed by atoms with Crippen LogP contribution in [0.2, 0.25) is 0 Å². The van der Waals surface area contributed by atoms with E-state index in [4.69, 9.17) is 10.5 Å². The normalized spacial score (nSPS) is 14.0. The molecule has 0 saturated carbocycles. The summed E-state index contributed by atoms with van der Waals surface area (Å²) in [5, 5.41) is 19.3. The molecule has 0 aliphatic rings. The Labute approximate surface area is 373 Å². The Morgan fingerprint density at radius 2 is 1.46 bits per heavy atom. The van der Waals surface area contributed by atoms with Gasteiger partial charge in [-0.15, -0.1) is 11.3 Å². The number of aliphatic hydroxyl groups is 1. The highest BCUT2D eigenvalue weighted by atomic mass is 32.2. The predicted octanol–water partition coefficient (Wildman–Crippen LogP) is 4.44. The number of aliphatic hydroxyl groups excluding tert-OH is 1. The number of nitrogens with two attached hydrogens (primary N) is 1. The number of sulfonamides is 2. The molecule has 0 spiro atoms. The number of methoxy groups -OCH3 is 1. The standard InChI is InChI=1S/C45H55N7O8S3/c1-29-15-12-13-20-35(29)27-37(50-43(55)38(26-33-16-8-6-9-17-33)51-62(56,57)28-34-18-10-7-11-19-34)42(54)49-36(40(53)44-47-23-24-61-44)21-14-22-48-45(46)52-63(58,59)41-30(2)25-39(60-5)31(3)32(41)4/h6-13,15-20,23-25,36-38,40,51,53H,14,21-22,26-28H2,1-5H3,(H,49,54)(H,50,55)(H3,46,48,52)/t36-,37-,38+,40?/m0/s1. The lowest BCUT2D eigenvalue weighted by Crippen LogP contribution is -2.56. The lowest BCUT2D eigenvalue weighted by molar-refractivity contribution is -0.130. The second kappa shape index (κ2) is 22.1. The highest BCUT2D eigenvalue weighted by Crippen LogP contribution is 2.30. The van der Waals surface area contributed by atoms with Crippen molar-refractivity contribution < 1.29 is 36.3 Å². The van der Waals surface area contributed by atoms with Crippen LogP contribution in [0, 0.1) is 27.7 Å². The summed E-state index contributed by atoms with van der Waals surface area (Å²) in [6.07, 6.45) is 0.707. The molecular weight excluding hydrogens is 863 g/mol. The SMILES string of the molecule is COc1cc(C)c(S(=O)(=O)NC(N)=NCCC[C@H](NC(=O)[C@H](Cc2ccccc2C)NC(=O)[C@@H](Cc2ccccc2)NS(=O)(=O)Cc2ccccc2)C(O)c2nccs2)c(C)c1C. The lowest BCUT2D eigenvalue weighted by atomic mass is 9.98. The minimum absolute atomic E-state index is 0.00351. The Bertz CT molecular complexity index is 2580. The van der Waals surface area contributed by atoms with E-state index < -0.39 is 56.1 Å². The zero-order valence-electron chi connectivity index (χ0n) is 35.9. The van der Waals surface area contributed by atoms with E-state index >= 15 is 0 Å². The van der Waals surface area contributed by atoms with Crippen molar-refractivity contribution in [3.8, 4) is 5.75 Å². The molecule has 7 N–H and O–H groups in total. The third kappa shape index (κ3) is 13.7. The van der Waals surface area contributed by atoms with Gasteiger partial charge in [0.05, 0.1) is 23.8 Å².